The Morgan fingerprint density at radius 2 is 1.75 bits per heavy atom. The van der Waals surface area contributed by atoms with Crippen LogP contribution >= 0.6 is 12.4 Å². The molecule has 112 valence electrons. The predicted molar refractivity (Wildman–Crippen MR) is 82.9 cm³/mol. The lowest BCUT2D eigenvalue weighted by Crippen LogP contribution is -2.19. The summed E-state index contributed by atoms with van der Waals surface area (Å²) in [6.45, 7) is 9.06. The molecule has 0 aromatic carbocycles. The average Bonchev–Trinajstić information content (AvgIpc) is 3.06. The van der Waals surface area contributed by atoms with Gasteiger partial charge in [-0.1, -0.05) is 6.92 Å². The lowest BCUT2D eigenvalue weighted by atomic mass is 10.2. The first-order valence-corrected chi connectivity index (χ1v) is 7.00. The molecule has 1 atom stereocenters. The van der Waals surface area contributed by atoms with Gasteiger partial charge in [-0.05, 0) is 32.4 Å². The minimum absolute atomic E-state index is 0. The van der Waals surface area contributed by atoms with Gasteiger partial charge in [0.1, 0.15) is 0 Å². The molecule has 0 fully saturated rings. The molecule has 0 bridgehead atoms. The molecule has 0 amide bonds. The summed E-state index contributed by atoms with van der Waals surface area (Å²) in [6.07, 6.45) is 4.82. The summed E-state index contributed by atoms with van der Waals surface area (Å²) >= 11 is 0. The minimum atomic E-state index is 0. The van der Waals surface area contributed by atoms with Crippen molar-refractivity contribution in [1.29, 1.82) is 0 Å². The Morgan fingerprint density at radius 3 is 2.45 bits per heavy atom. The predicted octanol–water partition coefficient (Wildman–Crippen LogP) is 2.78. The van der Waals surface area contributed by atoms with Crippen LogP contribution in [-0.4, -0.2) is 19.6 Å². The second-order valence-corrected chi connectivity index (χ2v) is 4.77. The number of nitrogens with one attached hydrogen (secondary N) is 1. The number of hydrogen-bond donors (Lipinski definition) is 1. The molecule has 1 N–H and O–H groups in total. The van der Waals surface area contributed by atoms with Gasteiger partial charge in [-0.3, -0.25) is 9.36 Å². The summed E-state index contributed by atoms with van der Waals surface area (Å²) in [7, 11) is 0. The third-order valence-corrected chi connectivity index (χ3v) is 3.48. The van der Waals surface area contributed by atoms with Crippen LogP contribution in [0.2, 0.25) is 0 Å². The molecule has 2 aromatic heterocycles. The summed E-state index contributed by atoms with van der Waals surface area (Å²) < 4.78 is 4.11. The lowest BCUT2D eigenvalue weighted by Gasteiger charge is -2.14. The monoisotopic (exact) mass is 297 g/mol. The van der Waals surface area contributed by atoms with Crippen LogP contribution in [0.15, 0.2) is 24.5 Å². The van der Waals surface area contributed by atoms with Gasteiger partial charge in [-0.25, -0.2) is 0 Å². The van der Waals surface area contributed by atoms with E-state index in [9.17, 15) is 0 Å². The zero-order valence-electron chi connectivity index (χ0n) is 12.4. The van der Waals surface area contributed by atoms with Crippen LogP contribution in [0.4, 0.5) is 0 Å². The van der Waals surface area contributed by atoms with E-state index in [0.29, 0.717) is 6.04 Å². The highest BCUT2D eigenvalue weighted by molar-refractivity contribution is 5.85. The molecule has 0 saturated heterocycles. The first kappa shape index (κ1) is 16.7. The van der Waals surface area contributed by atoms with Crippen LogP contribution < -0.4 is 5.32 Å². The van der Waals surface area contributed by atoms with E-state index in [1.54, 1.807) is 0 Å². The van der Waals surface area contributed by atoms with Crippen molar-refractivity contribution in [3.63, 3.8) is 0 Å². The molecular formula is C14H24ClN5. The molecule has 2 aromatic rings. The van der Waals surface area contributed by atoms with Crippen molar-refractivity contribution in [2.24, 2.45) is 0 Å². The van der Waals surface area contributed by atoms with E-state index >= 15 is 0 Å². The number of rotatable bonds is 7. The molecule has 0 aliphatic carbocycles. The summed E-state index contributed by atoms with van der Waals surface area (Å²) in [4.78, 5) is 0. The highest BCUT2D eigenvalue weighted by Crippen LogP contribution is 2.12. The number of nitrogens with zero attached hydrogens (tertiary/aromatic N) is 4. The standard InChI is InChI=1S/C14H23N5.ClH/c1-4-12(3)19-14(7-9-17-19)11-15-10-13-6-8-16-18(13)5-2;/h6-9,12,15H,4-5,10-11H2,1-3H3;1H. The Bertz CT molecular complexity index is 505. The summed E-state index contributed by atoms with van der Waals surface area (Å²) in [5.74, 6) is 0. The van der Waals surface area contributed by atoms with Gasteiger partial charge in [-0.15, -0.1) is 12.4 Å². The first-order valence-electron chi connectivity index (χ1n) is 7.00. The van der Waals surface area contributed by atoms with Gasteiger partial charge in [0.05, 0.1) is 11.4 Å². The molecular weight excluding hydrogens is 274 g/mol. The van der Waals surface area contributed by atoms with Crippen LogP contribution in [0.25, 0.3) is 0 Å². The molecule has 0 saturated carbocycles. The van der Waals surface area contributed by atoms with E-state index in [0.717, 1.165) is 26.1 Å². The van der Waals surface area contributed by atoms with Crippen molar-refractivity contribution in [1.82, 2.24) is 24.9 Å². The Hall–Kier alpha value is -1.33. The third-order valence-electron chi connectivity index (χ3n) is 3.48. The average molecular weight is 298 g/mol. The summed E-state index contributed by atoms with van der Waals surface area (Å²) in [5.41, 5.74) is 2.45. The fourth-order valence-corrected chi connectivity index (χ4v) is 2.17. The van der Waals surface area contributed by atoms with Crippen molar-refractivity contribution in [3.8, 4) is 0 Å². The van der Waals surface area contributed by atoms with Gasteiger partial charge >= 0.3 is 0 Å². The maximum absolute atomic E-state index is 4.40. The Labute approximate surface area is 126 Å². The fraction of sp³-hybridized carbons (Fsp3) is 0.571. The second kappa shape index (κ2) is 8.07. The second-order valence-electron chi connectivity index (χ2n) is 4.77. The van der Waals surface area contributed by atoms with E-state index in [4.69, 9.17) is 0 Å². The molecule has 2 rings (SSSR count). The van der Waals surface area contributed by atoms with Gasteiger partial charge in [0, 0.05) is 38.1 Å². The maximum Gasteiger partial charge on any atom is 0.0525 e. The highest BCUT2D eigenvalue weighted by atomic mass is 35.5. The number of halogens is 1. The molecule has 1 unspecified atom stereocenters. The molecule has 0 aliphatic heterocycles. The SMILES string of the molecule is CCC(C)n1nccc1CNCc1ccnn1CC.Cl. The van der Waals surface area contributed by atoms with Crippen molar-refractivity contribution in [2.75, 3.05) is 0 Å². The quantitative estimate of drug-likeness (QED) is 0.855. The van der Waals surface area contributed by atoms with E-state index in [1.165, 1.54) is 11.4 Å². The topological polar surface area (TPSA) is 47.7 Å². The molecule has 0 aliphatic rings. The summed E-state index contributed by atoms with van der Waals surface area (Å²) in [5, 5.41) is 12.1. The lowest BCUT2D eigenvalue weighted by molar-refractivity contribution is 0.450. The van der Waals surface area contributed by atoms with Crippen LogP contribution in [0.5, 0.6) is 0 Å². The normalized spacial score (nSPS) is 12.2. The Balaban J connectivity index is 0.00000200. The Morgan fingerprint density at radius 1 is 1.10 bits per heavy atom. The van der Waals surface area contributed by atoms with Crippen molar-refractivity contribution in [2.45, 2.75) is 52.9 Å². The van der Waals surface area contributed by atoms with Crippen LogP contribution in [0, 0.1) is 0 Å². The molecule has 6 heteroatoms. The summed E-state index contributed by atoms with van der Waals surface area (Å²) in [6, 6.07) is 4.59. The Kier molecular flexibility index (Phi) is 6.75. The number of hydrogen-bond acceptors (Lipinski definition) is 3. The van der Waals surface area contributed by atoms with Crippen LogP contribution in [0.3, 0.4) is 0 Å². The smallest absolute Gasteiger partial charge is 0.0525 e. The third kappa shape index (κ3) is 3.84. The van der Waals surface area contributed by atoms with Gasteiger partial charge < -0.3 is 5.32 Å². The van der Waals surface area contributed by atoms with Gasteiger partial charge in [0.15, 0.2) is 0 Å². The number of aryl methyl sites for hydroxylation is 1. The first-order chi connectivity index (χ1) is 9.26. The van der Waals surface area contributed by atoms with E-state index in [2.05, 4.69) is 53.1 Å². The van der Waals surface area contributed by atoms with Crippen molar-refractivity contribution in [3.05, 3.63) is 35.9 Å². The minimum Gasteiger partial charge on any atom is -0.306 e. The van der Waals surface area contributed by atoms with E-state index in [-0.39, 0.29) is 12.4 Å². The van der Waals surface area contributed by atoms with Gasteiger partial charge in [-0.2, -0.15) is 10.2 Å². The van der Waals surface area contributed by atoms with Crippen molar-refractivity contribution >= 4 is 12.4 Å². The maximum atomic E-state index is 4.40. The molecule has 5 nitrogen and oxygen atoms in total. The zero-order chi connectivity index (χ0) is 13.7. The molecule has 2 heterocycles. The van der Waals surface area contributed by atoms with Crippen LogP contribution in [-0.2, 0) is 19.6 Å². The molecule has 0 spiro atoms. The fourth-order valence-electron chi connectivity index (χ4n) is 2.17. The largest absolute Gasteiger partial charge is 0.306 e. The molecule has 20 heavy (non-hydrogen) atoms. The van der Waals surface area contributed by atoms with Gasteiger partial charge in [0.25, 0.3) is 0 Å². The van der Waals surface area contributed by atoms with E-state index < -0.39 is 0 Å². The number of aromatic nitrogens is 4. The molecule has 0 radical (unpaired) electrons. The van der Waals surface area contributed by atoms with Crippen LogP contribution in [0.1, 0.15) is 44.6 Å². The zero-order valence-corrected chi connectivity index (χ0v) is 13.2. The highest BCUT2D eigenvalue weighted by Gasteiger charge is 2.08. The van der Waals surface area contributed by atoms with Crippen molar-refractivity contribution < 1.29 is 0 Å². The van der Waals surface area contributed by atoms with Gasteiger partial charge in [0.2, 0.25) is 0 Å². The van der Waals surface area contributed by atoms with E-state index in [1.807, 2.05) is 17.1 Å².